The van der Waals surface area contributed by atoms with Crippen LogP contribution in [-0.2, 0) is 6.54 Å². The van der Waals surface area contributed by atoms with Crippen LogP contribution in [-0.4, -0.2) is 13.0 Å². The first kappa shape index (κ1) is 12.6. The molecule has 0 bridgehead atoms. The maximum Gasteiger partial charge on any atom is 0.254 e. The molecule has 0 saturated heterocycles. The van der Waals surface area contributed by atoms with E-state index < -0.39 is 11.7 Å². The van der Waals surface area contributed by atoms with Crippen LogP contribution in [0, 0.1) is 5.82 Å². The smallest absolute Gasteiger partial charge is 0.254 e. The average molecular weight is 265 g/mol. The Morgan fingerprint density at radius 1 is 1.44 bits per heavy atom. The molecule has 1 aromatic carbocycles. The molecule has 3 nitrogen and oxygen atoms in total. The molecule has 2 rings (SSSR count). The quantitative estimate of drug-likeness (QED) is 0.923. The van der Waals surface area contributed by atoms with E-state index in [0.717, 1.165) is 5.56 Å². The standard InChI is InChI=1S/C13H12FNO2S/c1-17-10-2-3-11(12(14)6-10)13(16)15-7-9-4-5-18-8-9/h2-6,8H,7H2,1H3,(H,15,16). The molecule has 0 aliphatic rings. The van der Waals surface area contributed by atoms with E-state index in [1.165, 1.54) is 19.2 Å². The Morgan fingerprint density at radius 2 is 2.28 bits per heavy atom. The van der Waals surface area contributed by atoms with Crippen molar-refractivity contribution in [1.29, 1.82) is 0 Å². The summed E-state index contributed by atoms with van der Waals surface area (Å²) >= 11 is 1.55. The van der Waals surface area contributed by atoms with Gasteiger partial charge in [-0.1, -0.05) is 0 Å². The third kappa shape index (κ3) is 2.87. The second kappa shape index (κ2) is 5.64. The maximum absolute atomic E-state index is 13.6. The number of benzene rings is 1. The number of carbonyl (C=O) groups is 1. The van der Waals surface area contributed by atoms with Gasteiger partial charge in [-0.3, -0.25) is 4.79 Å². The summed E-state index contributed by atoms with van der Waals surface area (Å²) < 4.78 is 18.5. The molecule has 0 atom stereocenters. The minimum Gasteiger partial charge on any atom is -0.497 e. The van der Waals surface area contributed by atoms with Gasteiger partial charge in [0.05, 0.1) is 12.7 Å². The number of carbonyl (C=O) groups excluding carboxylic acids is 1. The number of halogens is 1. The van der Waals surface area contributed by atoms with E-state index in [0.29, 0.717) is 12.3 Å². The van der Waals surface area contributed by atoms with E-state index in [-0.39, 0.29) is 5.56 Å². The zero-order chi connectivity index (χ0) is 13.0. The van der Waals surface area contributed by atoms with Crippen LogP contribution in [0.25, 0.3) is 0 Å². The van der Waals surface area contributed by atoms with Crippen LogP contribution >= 0.6 is 11.3 Å². The summed E-state index contributed by atoms with van der Waals surface area (Å²) in [5, 5.41) is 6.53. The number of thiophene rings is 1. The third-order valence-electron chi connectivity index (χ3n) is 2.45. The summed E-state index contributed by atoms with van der Waals surface area (Å²) in [7, 11) is 1.45. The molecule has 5 heteroatoms. The number of nitrogens with one attached hydrogen (secondary N) is 1. The van der Waals surface area contributed by atoms with Gasteiger partial charge in [-0.25, -0.2) is 4.39 Å². The molecule has 1 aromatic heterocycles. The average Bonchev–Trinajstić information content (AvgIpc) is 2.88. The van der Waals surface area contributed by atoms with Gasteiger partial charge < -0.3 is 10.1 Å². The Bertz CT molecular complexity index is 540. The molecular weight excluding hydrogens is 253 g/mol. The lowest BCUT2D eigenvalue weighted by Crippen LogP contribution is -2.23. The fourth-order valence-corrected chi connectivity index (χ4v) is 2.15. The molecule has 18 heavy (non-hydrogen) atoms. The monoisotopic (exact) mass is 265 g/mol. The van der Waals surface area contributed by atoms with Gasteiger partial charge in [0.1, 0.15) is 11.6 Å². The van der Waals surface area contributed by atoms with Crippen molar-refractivity contribution >= 4 is 17.2 Å². The highest BCUT2D eigenvalue weighted by Crippen LogP contribution is 2.16. The topological polar surface area (TPSA) is 38.3 Å². The van der Waals surface area contributed by atoms with E-state index in [1.54, 1.807) is 17.4 Å². The van der Waals surface area contributed by atoms with Crippen molar-refractivity contribution < 1.29 is 13.9 Å². The summed E-state index contributed by atoms with van der Waals surface area (Å²) in [6.07, 6.45) is 0. The lowest BCUT2D eigenvalue weighted by Gasteiger charge is -2.06. The second-order valence-electron chi connectivity index (χ2n) is 3.66. The van der Waals surface area contributed by atoms with E-state index >= 15 is 0 Å². The SMILES string of the molecule is COc1ccc(C(=O)NCc2ccsc2)c(F)c1. The normalized spacial score (nSPS) is 10.1. The van der Waals surface area contributed by atoms with Crippen molar-refractivity contribution in [3.8, 4) is 5.75 Å². The summed E-state index contributed by atoms with van der Waals surface area (Å²) in [5.74, 6) is -0.625. The van der Waals surface area contributed by atoms with E-state index in [2.05, 4.69) is 5.32 Å². The van der Waals surface area contributed by atoms with E-state index in [4.69, 9.17) is 4.74 Å². The number of hydrogen-bond donors (Lipinski definition) is 1. The molecular formula is C13H12FNO2S. The first-order chi connectivity index (χ1) is 8.70. The summed E-state index contributed by atoms with van der Waals surface area (Å²) in [6, 6.07) is 6.08. The first-order valence-corrected chi connectivity index (χ1v) is 6.28. The first-order valence-electron chi connectivity index (χ1n) is 5.33. The van der Waals surface area contributed by atoms with Crippen LogP contribution in [0.3, 0.4) is 0 Å². The van der Waals surface area contributed by atoms with Gasteiger partial charge in [0, 0.05) is 12.6 Å². The molecule has 0 fully saturated rings. The molecule has 1 amide bonds. The van der Waals surface area contributed by atoms with Crippen molar-refractivity contribution in [1.82, 2.24) is 5.32 Å². The predicted octanol–water partition coefficient (Wildman–Crippen LogP) is 2.83. The Hall–Kier alpha value is -1.88. The Labute approximate surface area is 108 Å². The highest BCUT2D eigenvalue weighted by Gasteiger charge is 2.12. The molecule has 0 spiro atoms. The van der Waals surface area contributed by atoms with Crippen LogP contribution in [0.4, 0.5) is 4.39 Å². The molecule has 1 N–H and O–H groups in total. The zero-order valence-electron chi connectivity index (χ0n) is 9.77. The van der Waals surface area contributed by atoms with Gasteiger partial charge in [0.2, 0.25) is 0 Å². The highest BCUT2D eigenvalue weighted by molar-refractivity contribution is 7.07. The van der Waals surface area contributed by atoms with Crippen molar-refractivity contribution in [3.63, 3.8) is 0 Å². The second-order valence-corrected chi connectivity index (χ2v) is 4.44. The van der Waals surface area contributed by atoms with Crippen LogP contribution in [0.15, 0.2) is 35.0 Å². The summed E-state index contributed by atoms with van der Waals surface area (Å²) in [5.41, 5.74) is 1.02. The van der Waals surface area contributed by atoms with Crippen molar-refractivity contribution in [2.75, 3.05) is 7.11 Å². The summed E-state index contributed by atoms with van der Waals surface area (Å²) in [6.45, 7) is 0.397. The van der Waals surface area contributed by atoms with Gasteiger partial charge >= 0.3 is 0 Å². The number of ether oxygens (including phenoxy) is 1. The van der Waals surface area contributed by atoms with E-state index in [1.807, 2.05) is 16.8 Å². The molecule has 0 unspecified atom stereocenters. The predicted molar refractivity (Wildman–Crippen MR) is 68.4 cm³/mol. The molecule has 0 radical (unpaired) electrons. The van der Waals surface area contributed by atoms with Crippen LogP contribution < -0.4 is 10.1 Å². The lowest BCUT2D eigenvalue weighted by molar-refractivity contribution is 0.0947. The van der Waals surface area contributed by atoms with Crippen molar-refractivity contribution in [3.05, 3.63) is 52.0 Å². The molecule has 2 aromatic rings. The molecule has 1 heterocycles. The van der Waals surface area contributed by atoms with E-state index in [9.17, 15) is 9.18 Å². The highest BCUT2D eigenvalue weighted by atomic mass is 32.1. The zero-order valence-corrected chi connectivity index (χ0v) is 10.6. The fraction of sp³-hybridized carbons (Fsp3) is 0.154. The minimum absolute atomic E-state index is 0.0195. The maximum atomic E-state index is 13.6. The molecule has 0 aliphatic carbocycles. The van der Waals surface area contributed by atoms with Crippen LogP contribution in [0.5, 0.6) is 5.75 Å². The van der Waals surface area contributed by atoms with Crippen molar-refractivity contribution in [2.24, 2.45) is 0 Å². The Kier molecular flexibility index (Phi) is 3.94. The number of rotatable bonds is 4. The van der Waals surface area contributed by atoms with Gasteiger partial charge in [-0.15, -0.1) is 0 Å². The summed E-state index contributed by atoms with van der Waals surface area (Å²) in [4.78, 5) is 11.8. The Balaban J connectivity index is 2.04. The van der Waals surface area contributed by atoms with Crippen LogP contribution in [0.2, 0.25) is 0 Å². The Morgan fingerprint density at radius 3 is 2.89 bits per heavy atom. The lowest BCUT2D eigenvalue weighted by atomic mass is 10.2. The number of methoxy groups -OCH3 is 1. The molecule has 0 saturated carbocycles. The molecule has 0 aliphatic heterocycles. The van der Waals surface area contributed by atoms with Gasteiger partial charge in [-0.05, 0) is 34.5 Å². The number of hydrogen-bond acceptors (Lipinski definition) is 3. The van der Waals surface area contributed by atoms with Crippen molar-refractivity contribution in [2.45, 2.75) is 6.54 Å². The number of amides is 1. The largest absolute Gasteiger partial charge is 0.497 e. The van der Waals surface area contributed by atoms with Gasteiger partial charge in [0.25, 0.3) is 5.91 Å². The third-order valence-corrected chi connectivity index (χ3v) is 3.19. The van der Waals surface area contributed by atoms with Gasteiger partial charge in [-0.2, -0.15) is 11.3 Å². The molecule has 94 valence electrons. The van der Waals surface area contributed by atoms with Gasteiger partial charge in [0.15, 0.2) is 0 Å². The fourth-order valence-electron chi connectivity index (χ4n) is 1.48. The van der Waals surface area contributed by atoms with Crippen LogP contribution in [0.1, 0.15) is 15.9 Å². The minimum atomic E-state index is -0.586.